The number of nitrogens with zero attached hydrogens (tertiary/aromatic N) is 2. The molecule has 3 aliphatic rings. The van der Waals surface area contributed by atoms with Gasteiger partial charge in [-0.3, -0.25) is 0 Å². The summed E-state index contributed by atoms with van der Waals surface area (Å²) in [7, 11) is 0. The Kier molecular flexibility index (Phi) is 6.69. The average Bonchev–Trinajstić information content (AvgIpc) is 2.85. The van der Waals surface area contributed by atoms with Crippen LogP contribution in [-0.4, -0.2) is 9.97 Å². The Balaban J connectivity index is 0.000000164. The van der Waals surface area contributed by atoms with Crippen molar-refractivity contribution >= 4 is 0 Å². The van der Waals surface area contributed by atoms with E-state index < -0.39 is 0 Å². The summed E-state index contributed by atoms with van der Waals surface area (Å²) in [6, 6.07) is 30.5. The van der Waals surface area contributed by atoms with Gasteiger partial charge >= 0.3 is 0 Å². The fraction of sp³-hybridized carbons (Fsp3) is 0.241. The maximum atomic E-state index is 4.63. The molecule has 2 nitrogen and oxygen atoms in total. The van der Waals surface area contributed by atoms with Crippen molar-refractivity contribution in [2.45, 2.75) is 32.6 Å². The molecular weight excluding hydrogens is 569 g/mol. The Morgan fingerprint density at radius 1 is 0.844 bits per heavy atom. The van der Waals surface area contributed by atoms with Gasteiger partial charge in [0, 0.05) is 32.5 Å². The van der Waals surface area contributed by atoms with Gasteiger partial charge in [-0.15, -0.1) is 71.8 Å². The largest absolute Gasteiger partial charge is 0.305 e. The van der Waals surface area contributed by atoms with E-state index >= 15 is 0 Å². The first kappa shape index (κ1) is 22.6. The predicted molar refractivity (Wildman–Crippen MR) is 125 cm³/mol. The topological polar surface area (TPSA) is 25.8 Å². The molecule has 2 aromatic carbocycles. The van der Waals surface area contributed by atoms with Crippen molar-refractivity contribution in [2.24, 2.45) is 11.3 Å². The van der Waals surface area contributed by atoms with Crippen molar-refractivity contribution in [3.05, 3.63) is 108 Å². The van der Waals surface area contributed by atoms with E-state index in [0.717, 1.165) is 34.4 Å². The molecule has 2 bridgehead atoms. The van der Waals surface area contributed by atoms with E-state index in [-0.39, 0.29) is 20.1 Å². The van der Waals surface area contributed by atoms with Crippen LogP contribution in [0.3, 0.4) is 0 Å². The zero-order valence-corrected chi connectivity index (χ0v) is 20.8. The normalized spacial score (nSPS) is 19.3. The molecule has 4 aromatic rings. The molecular formula is C29H26IrN2-2. The Labute approximate surface area is 204 Å². The number of rotatable bonds is 2. The quantitative estimate of drug-likeness (QED) is 0.239. The number of hydrogen-bond acceptors (Lipinski definition) is 2. The second-order valence-electron chi connectivity index (χ2n) is 9.05. The first-order chi connectivity index (χ1) is 15.1. The summed E-state index contributed by atoms with van der Waals surface area (Å²) in [4.78, 5) is 8.85. The summed E-state index contributed by atoms with van der Waals surface area (Å²) in [6.45, 7) is 4.84. The summed E-state index contributed by atoms with van der Waals surface area (Å²) in [6.07, 6.45) is 6.46. The minimum absolute atomic E-state index is 0. The molecule has 2 unspecified atom stereocenters. The van der Waals surface area contributed by atoms with E-state index in [0.29, 0.717) is 5.41 Å². The number of aromatic nitrogens is 2. The van der Waals surface area contributed by atoms with Crippen molar-refractivity contribution in [1.29, 1.82) is 0 Å². The predicted octanol–water partition coefficient (Wildman–Crippen LogP) is 6.78. The van der Waals surface area contributed by atoms with E-state index in [9.17, 15) is 0 Å². The van der Waals surface area contributed by atoms with Crippen LogP contribution >= 0.6 is 0 Å². The van der Waals surface area contributed by atoms with Crippen LogP contribution in [-0.2, 0) is 26.5 Å². The minimum Gasteiger partial charge on any atom is -0.305 e. The van der Waals surface area contributed by atoms with E-state index in [1.54, 1.807) is 6.20 Å². The van der Waals surface area contributed by atoms with Crippen molar-refractivity contribution < 1.29 is 20.1 Å². The third kappa shape index (κ3) is 4.33. The van der Waals surface area contributed by atoms with Crippen LogP contribution in [0.2, 0.25) is 0 Å². The fourth-order valence-electron chi connectivity index (χ4n) is 4.92. The third-order valence-electron chi connectivity index (χ3n) is 6.97. The standard InChI is InChI=1S/C18H18N.C11H8N.Ir/c1-18(2)14-8-13-11-19-17(10-15(13)16(18)9-14)12-6-4-3-5-7-12;1-2-6-10(7-3-1)11-8-4-5-9-12-11;/h3-6,10-11,14,16H,8-9H2,1-2H3;1-6,8-9H;/q2*-1;. The zero-order valence-electron chi connectivity index (χ0n) is 18.4. The molecule has 1 radical (unpaired) electrons. The van der Waals surface area contributed by atoms with Crippen LogP contribution in [0, 0.1) is 23.5 Å². The molecule has 0 spiro atoms. The first-order valence-electron chi connectivity index (χ1n) is 11.0. The molecule has 7 rings (SSSR count). The molecule has 2 heterocycles. The maximum absolute atomic E-state index is 4.63. The summed E-state index contributed by atoms with van der Waals surface area (Å²) in [5.74, 6) is 1.59. The Hall–Kier alpha value is -2.61. The van der Waals surface area contributed by atoms with Crippen LogP contribution in [0.4, 0.5) is 0 Å². The van der Waals surface area contributed by atoms with Gasteiger partial charge in [-0.1, -0.05) is 32.0 Å². The molecule has 3 aliphatic carbocycles. The van der Waals surface area contributed by atoms with Crippen LogP contribution in [0.1, 0.15) is 37.3 Å². The molecule has 163 valence electrons. The van der Waals surface area contributed by atoms with E-state index in [2.05, 4.69) is 60.3 Å². The maximum Gasteiger partial charge on any atom is 0.0195 e. The van der Waals surface area contributed by atoms with Gasteiger partial charge in [-0.25, -0.2) is 0 Å². The molecule has 3 heteroatoms. The van der Waals surface area contributed by atoms with Crippen molar-refractivity contribution in [1.82, 2.24) is 9.97 Å². The van der Waals surface area contributed by atoms with Gasteiger partial charge in [0.1, 0.15) is 0 Å². The van der Waals surface area contributed by atoms with E-state index in [1.807, 2.05) is 54.6 Å². The van der Waals surface area contributed by atoms with Crippen molar-refractivity contribution in [2.75, 3.05) is 0 Å². The van der Waals surface area contributed by atoms with Gasteiger partial charge in [-0.05, 0) is 58.7 Å². The summed E-state index contributed by atoms with van der Waals surface area (Å²) in [5.41, 5.74) is 7.67. The van der Waals surface area contributed by atoms with Crippen molar-refractivity contribution in [3.8, 4) is 22.5 Å². The molecule has 0 amide bonds. The molecule has 0 saturated heterocycles. The first-order valence-corrected chi connectivity index (χ1v) is 11.0. The summed E-state index contributed by atoms with van der Waals surface area (Å²) < 4.78 is 0. The number of benzene rings is 2. The second-order valence-corrected chi connectivity index (χ2v) is 9.05. The van der Waals surface area contributed by atoms with Gasteiger partial charge in [0.15, 0.2) is 0 Å². The average molecular weight is 595 g/mol. The second kappa shape index (κ2) is 9.48. The van der Waals surface area contributed by atoms with Crippen molar-refractivity contribution in [3.63, 3.8) is 0 Å². The van der Waals surface area contributed by atoms with Crippen LogP contribution in [0.5, 0.6) is 0 Å². The van der Waals surface area contributed by atoms with E-state index in [1.165, 1.54) is 24.0 Å². The van der Waals surface area contributed by atoms with Gasteiger partial charge in [0.25, 0.3) is 0 Å². The van der Waals surface area contributed by atoms with Crippen LogP contribution < -0.4 is 0 Å². The minimum atomic E-state index is 0. The molecule has 1 saturated carbocycles. The Bertz CT molecular complexity index is 1120. The molecule has 0 aliphatic heterocycles. The van der Waals surface area contributed by atoms with Gasteiger partial charge < -0.3 is 9.97 Å². The van der Waals surface area contributed by atoms with E-state index in [4.69, 9.17) is 0 Å². The van der Waals surface area contributed by atoms with Gasteiger partial charge in [0.2, 0.25) is 0 Å². The van der Waals surface area contributed by atoms with Gasteiger partial charge in [-0.2, -0.15) is 0 Å². The molecule has 32 heavy (non-hydrogen) atoms. The summed E-state index contributed by atoms with van der Waals surface area (Å²) in [5, 5.41) is 0. The molecule has 1 fully saturated rings. The monoisotopic (exact) mass is 595 g/mol. The zero-order chi connectivity index (χ0) is 21.3. The van der Waals surface area contributed by atoms with Crippen LogP contribution in [0.15, 0.2) is 85.2 Å². The number of pyridine rings is 2. The van der Waals surface area contributed by atoms with Gasteiger partial charge in [0.05, 0.1) is 0 Å². The summed E-state index contributed by atoms with van der Waals surface area (Å²) >= 11 is 0. The smallest absolute Gasteiger partial charge is 0.0195 e. The SMILES string of the molecule is CC1(C)C2Cc3cnc(-c4[c-]cccc4)cc3C1C2.[Ir].[c-]1ccccc1-c1ccccn1. The molecule has 0 N–H and O–H groups in total. The Morgan fingerprint density at radius 3 is 2.12 bits per heavy atom. The third-order valence-corrected chi connectivity index (χ3v) is 6.97. The van der Waals surface area contributed by atoms with Crippen LogP contribution in [0.25, 0.3) is 22.5 Å². The fourth-order valence-corrected chi connectivity index (χ4v) is 4.92. The number of hydrogen-bond donors (Lipinski definition) is 0. The molecule has 2 atom stereocenters. The Morgan fingerprint density at radius 2 is 1.53 bits per heavy atom. The molecule has 2 aromatic heterocycles.